The summed E-state index contributed by atoms with van der Waals surface area (Å²) in [4.78, 5) is 13.4. The van der Waals surface area contributed by atoms with Gasteiger partial charge >= 0.3 is 6.18 Å². The molecule has 0 saturated carbocycles. The fraction of sp³-hybridized carbons (Fsp3) is 0.143. The minimum atomic E-state index is -4.52. The lowest BCUT2D eigenvalue weighted by molar-refractivity contribution is -0.137. The SMILES string of the molecule is CC(C)(c1cccc(-c2ccc(F)nc2Br)n1)c1cc(-c2ccccc2)cc(-n2cc(C(F)(F)F)cn2)n1. The number of pyridine rings is 3. The van der Waals surface area contributed by atoms with Gasteiger partial charge in [-0.05, 0) is 77.3 Å². The van der Waals surface area contributed by atoms with Gasteiger partial charge in [-0.3, -0.25) is 4.98 Å². The maximum atomic E-state index is 13.5. The van der Waals surface area contributed by atoms with E-state index in [4.69, 9.17) is 9.97 Å². The highest BCUT2D eigenvalue weighted by atomic mass is 79.9. The number of hydrogen-bond donors (Lipinski definition) is 0. The second kappa shape index (κ2) is 9.75. The van der Waals surface area contributed by atoms with Gasteiger partial charge in [-0.2, -0.15) is 22.7 Å². The van der Waals surface area contributed by atoms with Crippen molar-refractivity contribution in [3.8, 4) is 28.2 Å². The van der Waals surface area contributed by atoms with Gasteiger partial charge in [0.05, 0.1) is 28.8 Å². The molecule has 5 rings (SSSR count). The Morgan fingerprint density at radius 1 is 0.789 bits per heavy atom. The summed E-state index contributed by atoms with van der Waals surface area (Å²) < 4.78 is 54.8. The first kappa shape index (κ1) is 25.7. The summed E-state index contributed by atoms with van der Waals surface area (Å²) in [7, 11) is 0. The molecule has 0 atom stereocenters. The Kier molecular flexibility index (Phi) is 6.60. The number of benzene rings is 1. The van der Waals surface area contributed by atoms with E-state index in [0.29, 0.717) is 27.2 Å². The van der Waals surface area contributed by atoms with Crippen molar-refractivity contribution in [1.29, 1.82) is 0 Å². The topological polar surface area (TPSA) is 56.5 Å². The van der Waals surface area contributed by atoms with E-state index >= 15 is 0 Å². The van der Waals surface area contributed by atoms with E-state index in [0.717, 1.165) is 28.2 Å². The molecule has 0 radical (unpaired) electrons. The Balaban J connectivity index is 1.64. The van der Waals surface area contributed by atoms with Crippen LogP contribution in [0, 0.1) is 5.95 Å². The Bertz CT molecular complexity index is 1610. The average Bonchev–Trinajstić information content (AvgIpc) is 3.40. The average molecular weight is 582 g/mol. The van der Waals surface area contributed by atoms with E-state index in [1.54, 1.807) is 18.2 Å². The molecule has 0 aliphatic carbocycles. The van der Waals surface area contributed by atoms with Crippen molar-refractivity contribution in [3.63, 3.8) is 0 Å². The molecular weight excluding hydrogens is 562 g/mol. The molecule has 0 spiro atoms. The van der Waals surface area contributed by atoms with Crippen LogP contribution in [-0.4, -0.2) is 24.7 Å². The van der Waals surface area contributed by atoms with Crippen LogP contribution in [0.15, 0.2) is 89.8 Å². The smallest absolute Gasteiger partial charge is 0.252 e. The Morgan fingerprint density at radius 2 is 1.55 bits per heavy atom. The van der Waals surface area contributed by atoms with E-state index in [1.165, 1.54) is 6.07 Å². The molecule has 0 saturated heterocycles. The molecule has 192 valence electrons. The van der Waals surface area contributed by atoms with Crippen LogP contribution in [0.3, 0.4) is 0 Å². The first-order chi connectivity index (χ1) is 18.0. The van der Waals surface area contributed by atoms with E-state index in [9.17, 15) is 17.6 Å². The summed E-state index contributed by atoms with van der Waals surface area (Å²) in [6, 6.07) is 21.4. The number of rotatable bonds is 5. The normalized spacial score (nSPS) is 12.1. The summed E-state index contributed by atoms with van der Waals surface area (Å²) >= 11 is 3.30. The second-order valence-corrected chi connectivity index (χ2v) is 9.89. The van der Waals surface area contributed by atoms with Gasteiger partial charge in [0, 0.05) is 17.2 Å². The highest BCUT2D eigenvalue weighted by Gasteiger charge is 2.33. The van der Waals surface area contributed by atoms with Crippen LogP contribution in [0.4, 0.5) is 17.6 Å². The third kappa shape index (κ3) is 5.08. The van der Waals surface area contributed by atoms with Crippen LogP contribution >= 0.6 is 15.9 Å². The Morgan fingerprint density at radius 3 is 2.24 bits per heavy atom. The quantitative estimate of drug-likeness (QED) is 0.158. The van der Waals surface area contributed by atoms with Crippen molar-refractivity contribution in [2.45, 2.75) is 25.4 Å². The lowest BCUT2D eigenvalue weighted by Crippen LogP contribution is -2.23. The van der Waals surface area contributed by atoms with Gasteiger partial charge < -0.3 is 0 Å². The van der Waals surface area contributed by atoms with Crippen molar-refractivity contribution in [1.82, 2.24) is 24.7 Å². The monoisotopic (exact) mass is 581 g/mol. The van der Waals surface area contributed by atoms with Gasteiger partial charge in [-0.1, -0.05) is 36.4 Å². The molecule has 0 bridgehead atoms. The van der Waals surface area contributed by atoms with E-state index in [2.05, 4.69) is 26.0 Å². The standard InChI is InChI=1S/C28H20BrF4N5/c1-27(2,22-10-6-9-21(35-22)20-11-12-24(30)37-26(20)29)23-13-18(17-7-4-3-5-8-17)14-25(36-23)38-16-19(15-34-38)28(31,32)33/h3-16H,1-2H3. The molecular formula is C28H20BrF4N5. The van der Waals surface area contributed by atoms with Crippen LogP contribution in [0.5, 0.6) is 0 Å². The molecule has 0 fully saturated rings. The van der Waals surface area contributed by atoms with E-state index in [-0.39, 0.29) is 5.82 Å². The van der Waals surface area contributed by atoms with Crippen LogP contribution in [-0.2, 0) is 11.6 Å². The van der Waals surface area contributed by atoms with Gasteiger partial charge in [0.25, 0.3) is 0 Å². The van der Waals surface area contributed by atoms with Gasteiger partial charge in [0.1, 0.15) is 4.60 Å². The molecule has 38 heavy (non-hydrogen) atoms. The zero-order chi connectivity index (χ0) is 27.1. The third-order valence-corrected chi connectivity index (χ3v) is 6.79. The predicted octanol–water partition coefficient (Wildman–Crippen LogP) is 7.64. The molecule has 10 heteroatoms. The Hall–Kier alpha value is -3.92. The first-order valence-electron chi connectivity index (χ1n) is 11.5. The van der Waals surface area contributed by atoms with Gasteiger partial charge in [0.15, 0.2) is 5.82 Å². The number of aromatic nitrogens is 5. The fourth-order valence-corrected chi connectivity index (χ4v) is 4.52. The highest BCUT2D eigenvalue weighted by Crippen LogP contribution is 2.35. The van der Waals surface area contributed by atoms with Gasteiger partial charge in [-0.15, -0.1) is 0 Å². The minimum Gasteiger partial charge on any atom is -0.252 e. The summed E-state index contributed by atoms with van der Waals surface area (Å²) in [5.74, 6) is -0.370. The van der Waals surface area contributed by atoms with Crippen molar-refractivity contribution >= 4 is 15.9 Å². The number of hydrogen-bond acceptors (Lipinski definition) is 4. The fourth-order valence-electron chi connectivity index (χ4n) is 4.01. The largest absolute Gasteiger partial charge is 0.419 e. The lowest BCUT2D eigenvalue weighted by atomic mass is 9.83. The number of nitrogens with zero attached hydrogens (tertiary/aromatic N) is 5. The highest BCUT2D eigenvalue weighted by molar-refractivity contribution is 9.10. The van der Waals surface area contributed by atoms with Crippen LogP contribution in [0.25, 0.3) is 28.2 Å². The van der Waals surface area contributed by atoms with Crippen LogP contribution in [0.1, 0.15) is 30.8 Å². The van der Waals surface area contributed by atoms with Crippen LogP contribution < -0.4 is 0 Å². The molecule has 0 amide bonds. The second-order valence-electron chi connectivity index (χ2n) is 9.14. The van der Waals surface area contributed by atoms with Crippen LogP contribution in [0.2, 0.25) is 0 Å². The molecule has 0 unspecified atom stereocenters. The van der Waals surface area contributed by atoms with Gasteiger partial charge in [-0.25, -0.2) is 14.6 Å². The van der Waals surface area contributed by atoms with Crippen molar-refractivity contribution in [3.05, 3.63) is 113 Å². The molecule has 0 N–H and O–H groups in total. The minimum absolute atomic E-state index is 0.242. The third-order valence-electron chi connectivity index (χ3n) is 6.18. The molecule has 4 heterocycles. The predicted molar refractivity (Wildman–Crippen MR) is 139 cm³/mol. The summed E-state index contributed by atoms with van der Waals surface area (Å²) in [6.07, 6.45) is -2.82. The number of halogens is 5. The van der Waals surface area contributed by atoms with Crippen molar-refractivity contribution < 1.29 is 17.6 Å². The Labute approximate surface area is 224 Å². The van der Waals surface area contributed by atoms with Crippen molar-refractivity contribution in [2.75, 3.05) is 0 Å². The number of alkyl halides is 3. The zero-order valence-electron chi connectivity index (χ0n) is 20.2. The van der Waals surface area contributed by atoms with E-state index in [1.807, 2.05) is 62.4 Å². The zero-order valence-corrected chi connectivity index (χ0v) is 21.8. The molecule has 1 aromatic carbocycles. The summed E-state index contributed by atoms with van der Waals surface area (Å²) in [6.45, 7) is 3.87. The molecule has 0 aliphatic rings. The first-order valence-corrected chi connectivity index (χ1v) is 12.3. The van der Waals surface area contributed by atoms with Crippen molar-refractivity contribution in [2.24, 2.45) is 0 Å². The molecule has 4 aromatic heterocycles. The van der Waals surface area contributed by atoms with E-state index < -0.39 is 23.1 Å². The molecule has 0 aliphatic heterocycles. The molecule has 5 aromatic rings. The van der Waals surface area contributed by atoms with Gasteiger partial charge in [0.2, 0.25) is 5.95 Å². The maximum absolute atomic E-state index is 13.5. The summed E-state index contributed by atoms with van der Waals surface area (Å²) in [5.41, 5.74) is 2.45. The summed E-state index contributed by atoms with van der Waals surface area (Å²) in [5, 5.41) is 3.93. The molecule has 5 nitrogen and oxygen atoms in total. The maximum Gasteiger partial charge on any atom is 0.419 e. The lowest BCUT2D eigenvalue weighted by Gasteiger charge is -2.25.